The van der Waals surface area contributed by atoms with Crippen LogP contribution in [0.2, 0.25) is 0 Å². The molecule has 0 radical (unpaired) electrons. The Hall–Kier alpha value is -1.02. The summed E-state index contributed by atoms with van der Waals surface area (Å²) in [5, 5.41) is 9.54. The maximum Gasteiger partial charge on any atom is 0.0761 e. The van der Waals surface area contributed by atoms with Crippen molar-refractivity contribution >= 4 is 5.69 Å². The number of aliphatic hydroxyl groups excluding tert-OH is 1. The highest BCUT2D eigenvalue weighted by Gasteiger charge is 2.12. The van der Waals surface area contributed by atoms with E-state index in [1.807, 2.05) is 12.1 Å². The van der Waals surface area contributed by atoms with Crippen molar-refractivity contribution in [2.45, 2.75) is 59.1 Å². The highest BCUT2D eigenvalue weighted by atomic mass is 16.3. The van der Waals surface area contributed by atoms with Crippen molar-refractivity contribution in [1.29, 1.82) is 0 Å². The summed E-state index contributed by atoms with van der Waals surface area (Å²) in [6, 6.07) is 8.88. The monoisotopic (exact) mass is 249 g/mol. The number of aliphatic hydroxyl groups is 1. The van der Waals surface area contributed by atoms with E-state index < -0.39 is 0 Å². The molecule has 18 heavy (non-hydrogen) atoms. The van der Waals surface area contributed by atoms with E-state index in [-0.39, 0.29) is 6.10 Å². The number of hydrogen-bond donors (Lipinski definition) is 1. The quantitative estimate of drug-likeness (QED) is 0.785. The van der Waals surface area contributed by atoms with Crippen LogP contribution in [-0.4, -0.2) is 17.7 Å². The van der Waals surface area contributed by atoms with Gasteiger partial charge < -0.3 is 10.0 Å². The van der Waals surface area contributed by atoms with Crippen LogP contribution in [0.15, 0.2) is 24.3 Å². The molecule has 0 bridgehead atoms. The molecule has 1 aromatic carbocycles. The van der Waals surface area contributed by atoms with Crippen molar-refractivity contribution in [2.24, 2.45) is 0 Å². The number of rotatable bonds is 7. The van der Waals surface area contributed by atoms with E-state index in [0.717, 1.165) is 18.5 Å². The molecule has 0 saturated carbocycles. The third-order valence-electron chi connectivity index (χ3n) is 3.58. The van der Waals surface area contributed by atoms with Crippen LogP contribution >= 0.6 is 0 Å². The average molecular weight is 249 g/mol. The van der Waals surface area contributed by atoms with Crippen LogP contribution in [0.4, 0.5) is 5.69 Å². The average Bonchev–Trinajstić information content (AvgIpc) is 2.39. The van der Waals surface area contributed by atoms with Gasteiger partial charge in [0, 0.05) is 18.3 Å². The van der Waals surface area contributed by atoms with Crippen LogP contribution in [0.1, 0.15) is 58.6 Å². The Labute approximate surface area is 112 Å². The minimum Gasteiger partial charge on any atom is -0.389 e. The number of nitrogens with zero attached hydrogens (tertiary/aromatic N) is 1. The molecule has 2 unspecified atom stereocenters. The smallest absolute Gasteiger partial charge is 0.0761 e. The predicted octanol–water partition coefficient (Wildman–Crippen LogP) is 4.14. The molecule has 0 heterocycles. The van der Waals surface area contributed by atoms with Gasteiger partial charge in [-0.05, 0) is 44.4 Å². The first kappa shape index (κ1) is 15.0. The molecule has 0 spiro atoms. The van der Waals surface area contributed by atoms with Gasteiger partial charge in [-0.1, -0.05) is 32.4 Å². The summed E-state index contributed by atoms with van der Waals surface area (Å²) in [5.74, 6) is 0. The van der Waals surface area contributed by atoms with Crippen LogP contribution < -0.4 is 4.90 Å². The molecule has 0 aliphatic heterocycles. The predicted molar refractivity (Wildman–Crippen MR) is 79.1 cm³/mol. The molecule has 0 aliphatic carbocycles. The molecule has 0 saturated heterocycles. The largest absolute Gasteiger partial charge is 0.389 e. The number of benzene rings is 1. The Morgan fingerprint density at radius 3 is 2.17 bits per heavy atom. The lowest BCUT2D eigenvalue weighted by atomic mass is 10.1. The number of anilines is 1. The van der Waals surface area contributed by atoms with Crippen LogP contribution in [0, 0.1) is 0 Å². The minimum atomic E-state index is -0.383. The van der Waals surface area contributed by atoms with Crippen LogP contribution in [0.3, 0.4) is 0 Å². The first-order chi connectivity index (χ1) is 8.60. The molecule has 2 nitrogen and oxygen atoms in total. The molecule has 102 valence electrons. The van der Waals surface area contributed by atoms with Gasteiger partial charge in [-0.15, -0.1) is 0 Å². The highest BCUT2D eigenvalue weighted by Crippen LogP contribution is 2.22. The lowest BCUT2D eigenvalue weighted by Crippen LogP contribution is -2.33. The van der Waals surface area contributed by atoms with Gasteiger partial charge in [-0.2, -0.15) is 0 Å². The second-order valence-electron chi connectivity index (χ2n) is 5.07. The van der Waals surface area contributed by atoms with Crippen LogP contribution in [0.25, 0.3) is 0 Å². The van der Waals surface area contributed by atoms with Gasteiger partial charge in [0.15, 0.2) is 0 Å². The van der Waals surface area contributed by atoms with Gasteiger partial charge >= 0.3 is 0 Å². The van der Waals surface area contributed by atoms with E-state index in [9.17, 15) is 5.11 Å². The third-order valence-corrected chi connectivity index (χ3v) is 3.58. The van der Waals surface area contributed by atoms with Gasteiger partial charge in [-0.25, -0.2) is 0 Å². The van der Waals surface area contributed by atoms with E-state index in [0.29, 0.717) is 6.04 Å². The molecule has 2 atom stereocenters. The van der Waals surface area contributed by atoms with Crippen LogP contribution in [-0.2, 0) is 0 Å². The summed E-state index contributed by atoms with van der Waals surface area (Å²) in [6.07, 6.45) is 3.22. The standard InChI is InChI=1S/C16H27NO/c1-5-7-12-17(13(3)6-2)16-10-8-15(9-11-16)14(4)18/h8-11,13-14,18H,5-7,12H2,1-4H3. The SMILES string of the molecule is CCCCN(c1ccc(C(C)O)cc1)C(C)CC. The molecule has 0 fully saturated rings. The molecule has 0 aliphatic rings. The van der Waals surface area contributed by atoms with Gasteiger partial charge in [-0.3, -0.25) is 0 Å². The maximum atomic E-state index is 9.54. The van der Waals surface area contributed by atoms with Gasteiger partial charge in [0.1, 0.15) is 0 Å². The third kappa shape index (κ3) is 4.02. The maximum absolute atomic E-state index is 9.54. The number of unbranched alkanes of at least 4 members (excludes halogenated alkanes) is 1. The van der Waals surface area contributed by atoms with E-state index in [1.165, 1.54) is 18.5 Å². The second-order valence-corrected chi connectivity index (χ2v) is 5.07. The fourth-order valence-electron chi connectivity index (χ4n) is 2.10. The Morgan fingerprint density at radius 2 is 1.72 bits per heavy atom. The summed E-state index contributed by atoms with van der Waals surface area (Å²) in [6.45, 7) is 9.65. The molecular formula is C16H27NO. The summed E-state index contributed by atoms with van der Waals surface area (Å²) >= 11 is 0. The Bertz CT molecular complexity index is 331. The zero-order valence-corrected chi connectivity index (χ0v) is 12.2. The van der Waals surface area contributed by atoms with Gasteiger partial charge in [0.25, 0.3) is 0 Å². The second kappa shape index (κ2) is 7.42. The van der Waals surface area contributed by atoms with Gasteiger partial charge in [0.2, 0.25) is 0 Å². The zero-order valence-electron chi connectivity index (χ0n) is 12.2. The summed E-state index contributed by atoms with van der Waals surface area (Å²) < 4.78 is 0. The molecule has 1 aromatic rings. The highest BCUT2D eigenvalue weighted by molar-refractivity contribution is 5.48. The van der Waals surface area contributed by atoms with E-state index in [1.54, 1.807) is 6.92 Å². The molecule has 1 rings (SSSR count). The van der Waals surface area contributed by atoms with Crippen molar-refractivity contribution in [1.82, 2.24) is 0 Å². The zero-order chi connectivity index (χ0) is 13.5. The van der Waals surface area contributed by atoms with E-state index in [4.69, 9.17) is 0 Å². The van der Waals surface area contributed by atoms with Crippen molar-refractivity contribution in [3.63, 3.8) is 0 Å². The fraction of sp³-hybridized carbons (Fsp3) is 0.625. The van der Waals surface area contributed by atoms with Crippen molar-refractivity contribution in [3.8, 4) is 0 Å². The molecular weight excluding hydrogens is 222 g/mol. The fourth-order valence-corrected chi connectivity index (χ4v) is 2.10. The molecule has 0 amide bonds. The normalized spacial score (nSPS) is 14.3. The lowest BCUT2D eigenvalue weighted by molar-refractivity contribution is 0.199. The van der Waals surface area contributed by atoms with Crippen molar-refractivity contribution in [3.05, 3.63) is 29.8 Å². The summed E-state index contributed by atoms with van der Waals surface area (Å²) in [7, 11) is 0. The Kier molecular flexibility index (Phi) is 6.20. The summed E-state index contributed by atoms with van der Waals surface area (Å²) in [4.78, 5) is 2.47. The topological polar surface area (TPSA) is 23.5 Å². The molecule has 2 heteroatoms. The first-order valence-corrected chi connectivity index (χ1v) is 7.14. The minimum absolute atomic E-state index is 0.383. The summed E-state index contributed by atoms with van der Waals surface area (Å²) in [5.41, 5.74) is 2.25. The van der Waals surface area contributed by atoms with E-state index >= 15 is 0 Å². The Balaban J connectivity index is 2.83. The van der Waals surface area contributed by atoms with Gasteiger partial charge in [0.05, 0.1) is 6.10 Å². The molecule has 1 N–H and O–H groups in total. The van der Waals surface area contributed by atoms with Crippen LogP contribution in [0.5, 0.6) is 0 Å². The molecule has 0 aromatic heterocycles. The van der Waals surface area contributed by atoms with E-state index in [2.05, 4.69) is 37.8 Å². The van der Waals surface area contributed by atoms with Crippen molar-refractivity contribution < 1.29 is 5.11 Å². The van der Waals surface area contributed by atoms with Crippen molar-refractivity contribution in [2.75, 3.05) is 11.4 Å². The first-order valence-electron chi connectivity index (χ1n) is 7.14. The number of hydrogen-bond acceptors (Lipinski definition) is 2. The Morgan fingerprint density at radius 1 is 1.11 bits per heavy atom. The lowest BCUT2D eigenvalue weighted by Gasteiger charge is -2.31.